The van der Waals surface area contributed by atoms with Gasteiger partial charge in [-0.1, -0.05) is 13.8 Å². The van der Waals surface area contributed by atoms with E-state index in [1.165, 1.54) is 0 Å². The minimum Gasteiger partial charge on any atom is -0.399 e. The molecule has 1 atom stereocenters. The molecule has 0 saturated carbocycles. The number of nitrogens with one attached hydrogen (secondary N) is 1. The first-order valence-corrected chi connectivity index (χ1v) is 6.98. The van der Waals surface area contributed by atoms with Crippen molar-refractivity contribution < 1.29 is 9.59 Å². The van der Waals surface area contributed by atoms with Gasteiger partial charge in [-0.2, -0.15) is 0 Å². The van der Waals surface area contributed by atoms with Crippen molar-refractivity contribution in [3.8, 4) is 0 Å². The van der Waals surface area contributed by atoms with E-state index in [4.69, 9.17) is 11.5 Å². The maximum absolute atomic E-state index is 12.3. The number of nitrogens with two attached hydrogens (primary N) is 2. The summed E-state index contributed by atoms with van der Waals surface area (Å²) in [5.41, 5.74) is 12.2. The normalized spacial score (nSPS) is 12.4. The maximum Gasteiger partial charge on any atom is 0.241 e. The zero-order chi connectivity index (χ0) is 16.0. The fraction of sp³-hybridized carbons (Fsp3) is 0.467. The Hall–Kier alpha value is -2.08. The lowest BCUT2D eigenvalue weighted by Crippen LogP contribution is -2.47. The predicted octanol–water partition coefficient (Wildman–Crippen LogP) is 1.04. The van der Waals surface area contributed by atoms with E-state index in [-0.39, 0.29) is 12.5 Å². The standard InChI is InChI=1S/C15H24N4O2/c1-10(2)8-19(9-14(17)20)11(3)15(21)18-13-6-4-12(16)5-7-13/h4-7,10-11H,8-9,16H2,1-3H3,(H2,17,20)(H,18,21). The minimum atomic E-state index is -0.447. The van der Waals surface area contributed by atoms with Crippen molar-refractivity contribution in [3.63, 3.8) is 0 Å². The zero-order valence-corrected chi connectivity index (χ0v) is 12.8. The van der Waals surface area contributed by atoms with Crippen LogP contribution in [0.2, 0.25) is 0 Å². The summed E-state index contributed by atoms with van der Waals surface area (Å²) in [5.74, 6) is -0.291. The van der Waals surface area contributed by atoms with E-state index in [9.17, 15) is 9.59 Å². The van der Waals surface area contributed by atoms with Crippen LogP contribution in [-0.4, -0.2) is 35.8 Å². The first-order chi connectivity index (χ1) is 9.79. The molecule has 6 nitrogen and oxygen atoms in total. The van der Waals surface area contributed by atoms with Crippen molar-refractivity contribution in [1.82, 2.24) is 4.90 Å². The van der Waals surface area contributed by atoms with Crippen LogP contribution < -0.4 is 16.8 Å². The molecular formula is C15H24N4O2. The summed E-state index contributed by atoms with van der Waals surface area (Å²) in [4.78, 5) is 25.2. The summed E-state index contributed by atoms with van der Waals surface area (Å²) < 4.78 is 0. The van der Waals surface area contributed by atoms with E-state index in [2.05, 4.69) is 5.32 Å². The largest absolute Gasteiger partial charge is 0.399 e. The van der Waals surface area contributed by atoms with Gasteiger partial charge in [0, 0.05) is 17.9 Å². The maximum atomic E-state index is 12.3. The highest BCUT2D eigenvalue weighted by molar-refractivity contribution is 5.95. The molecule has 0 aliphatic heterocycles. The second kappa shape index (κ2) is 7.64. The minimum absolute atomic E-state index is 0.0640. The summed E-state index contributed by atoms with van der Waals surface area (Å²) in [6.45, 7) is 6.50. The molecule has 6 heteroatoms. The molecule has 1 unspecified atom stereocenters. The Kier molecular flexibility index (Phi) is 6.17. The fourth-order valence-electron chi connectivity index (χ4n) is 2.01. The van der Waals surface area contributed by atoms with Crippen molar-refractivity contribution in [2.24, 2.45) is 11.7 Å². The molecule has 0 radical (unpaired) electrons. The number of benzene rings is 1. The van der Waals surface area contributed by atoms with Crippen molar-refractivity contribution >= 4 is 23.2 Å². The van der Waals surface area contributed by atoms with Gasteiger partial charge >= 0.3 is 0 Å². The van der Waals surface area contributed by atoms with Gasteiger partial charge in [0.1, 0.15) is 0 Å². The van der Waals surface area contributed by atoms with E-state index in [1.807, 2.05) is 13.8 Å². The molecule has 0 heterocycles. The summed E-state index contributed by atoms with van der Waals surface area (Å²) in [6.07, 6.45) is 0. The molecule has 1 aromatic carbocycles. The number of rotatable bonds is 7. The van der Waals surface area contributed by atoms with Gasteiger partial charge in [0.25, 0.3) is 0 Å². The first-order valence-electron chi connectivity index (χ1n) is 6.98. The number of nitrogen functional groups attached to an aromatic ring is 1. The second-order valence-electron chi connectivity index (χ2n) is 5.58. The van der Waals surface area contributed by atoms with Crippen LogP contribution in [0.3, 0.4) is 0 Å². The van der Waals surface area contributed by atoms with E-state index in [1.54, 1.807) is 36.1 Å². The molecule has 0 fully saturated rings. The molecule has 0 aliphatic rings. The Morgan fingerprint density at radius 3 is 2.24 bits per heavy atom. The predicted molar refractivity (Wildman–Crippen MR) is 84.6 cm³/mol. The third-order valence-electron chi connectivity index (χ3n) is 3.06. The molecule has 0 saturated heterocycles. The fourth-order valence-corrected chi connectivity index (χ4v) is 2.01. The molecule has 0 aliphatic carbocycles. The van der Waals surface area contributed by atoms with Crippen LogP contribution in [0, 0.1) is 5.92 Å². The van der Waals surface area contributed by atoms with Crippen LogP contribution in [0.5, 0.6) is 0 Å². The highest BCUT2D eigenvalue weighted by Gasteiger charge is 2.23. The van der Waals surface area contributed by atoms with Crippen molar-refractivity contribution in [1.29, 1.82) is 0 Å². The summed E-state index contributed by atoms with van der Waals surface area (Å²) in [7, 11) is 0. The number of carbonyl (C=O) groups excluding carboxylic acids is 2. The lowest BCUT2D eigenvalue weighted by molar-refractivity contribution is -0.124. The van der Waals surface area contributed by atoms with Crippen LogP contribution in [-0.2, 0) is 9.59 Å². The van der Waals surface area contributed by atoms with Gasteiger partial charge in [-0.25, -0.2) is 0 Å². The van der Waals surface area contributed by atoms with E-state index in [0.717, 1.165) is 0 Å². The van der Waals surface area contributed by atoms with E-state index >= 15 is 0 Å². The molecule has 116 valence electrons. The Bertz CT molecular complexity index is 485. The zero-order valence-electron chi connectivity index (χ0n) is 12.8. The number of primary amides is 1. The van der Waals surface area contributed by atoms with Gasteiger partial charge in [0.2, 0.25) is 11.8 Å². The highest BCUT2D eigenvalue weighted by atomic mass is 16.2. The second-order valence-corrected chi connectivity index (χ2v) is 5.58. The number of anilines is 2. The number of hydrogen-bond donors (Lipinski definition) is 3. The highest BCUT2D eigenvalue weighted by Crippen LogP contribution is 2.12. The number of hydrogen-bond acceptors (Lipinski definition) is 4. The van der Waals surface area contributed by atoms with Gasteiger partial charge in [-0.05, 0) is 37.1 Å². The van der Waals surface area contributed by atoms with Gasteiger partial charge < -0.3 is 16.8 Å². The van der Waals surface area contributed by atoms with Gasteiger partial charge in [-0.3, -0.25) is 14.5 Å². The average molecular weight is 292 g/mol. The Balaban J connectivity index is 2.72. The lowest BCUT2D eigenvalue weighted by atomic mass is 10.1. The van der Waals surface area contributed by atoms with Crippen LogP contribution in [0.15, 0.2) is 24.3 Å². The van der Waals surface area contributed by atoms with E-state index in [0.29, 0.717) is 23.8 Å². The number of amides is 2. The van der Waals surface area contributed by atoms with Crippen LogP contribution in [0.25, 0.3) is 0 Å². The van der Waals surface area contributed by atoms with Gasteiger partial charge in [0.15, 0.2) is 0 Å². The number of carbonyl (C=O) groups is 2. The molecule has 0 spiro atoms. The monoisotopic (exact) mass is 292 g/mol. The average Bonchev–Trinajstić information content (AvgIpc) is 2.38. The molecule has 1 aromatic rings. The van der Waals surface area contributed by atoms with Crippen molar-refractivity contribution in [3.05, 3.63) is 24.3 Å². The Morgan fingerprint density at radius 1 is 1.19 bits per heavy atom. The van der Waals surface area contributed by atoms with Gasteiger partial charge in [-0.15, -0.1) is 0 Å². The van der Waals surface area contributed by atoms with Gasteiger partial charge in [0.05, 0.1) is 12.6 Å². The summed E-state index contributed by atoms with van der Waals surface area (Å²) in [6, 6.07) is 6.46. The SMILES string of the molecule is CC(C)CN(CC(N)=O)C(C)C(=O)Nc1ccc(N)cc1. The first kappa shape index (κ1) is 17.0. The van der Waals surface area contributed by atoms with Crippen molar-refractivity contribution in [2.45, 2.75) is 26.8 Å². The van der Waals surface area contributed by atoms with Crippen molar-refractivity contribution in [2.75, 3.05) is 24.1 Å². The Labute approximate surface area is 125 Å². The molecule has 21 heavy (non-hydrogen) atoms. The lowest BCUT2D eigenvalue weighted by Gasteiger charge is -2.28. The Morgan fingerprint density at radius 2 is 1.76 bits per heavy atom. The van der Waals surface area contributed by atoms with E-state index < -0.39 is 11.9 Å². The van der Waals surface area contributed by atoms with Crippen LogP contribution in [0.1, 0.15) is 20.8 Å². The quantitative estimate of drug-likeness (QED) is 0.653. The topological polar surface area (TPSA) is 101 Å². The molecule has 5 N–H and O–H groups in total. The van der Waals surface area contributed by atoms with Crippen LogP contribution in [0.4, 0.5) is 11.4 Å². The smallest absolute Gasteiger partial charge is 0.241 e. The molecular weight excluding hydrogens is 268 g/mol. The summed E-state index contributed by atoms with van der Waals surface area (Å²) >= 11 is 0. The third kappa shape index (κ3) is 5.83. The molecule has 0 aromatic heterocycles. The summed E-state index contributed by atoms with van der Waals surface area (Å²) in [5, 5.41) is 2.81. The van der Waals surface area contributed by atoms with Crippen LogP contribution >= 0.6 is 0 Å². The molecule has 1 rings (SSSR count). The number of nitrogens with zero attached hydrogens (tertiary/aromatic N) is 1. The molecule has 0 bridgehead atoms. The third-order valence-corrected chi connectivity index (χ3v) is 3.06. The molecule has 2 amide bonds.